The summed E-state index contributed by atoms with van der Waals surface area (Å²) in [7, 11) is 0. The van der Waals surface area contributed by atoms with Gasteiger partial charge in [0, 0.05) is 63.8 Å². The molecule has 0 unspecified atom stereocenters. The molecule has 186 valence electrons. The minimum Gasteiger partial charge on any atom is -0.356 e. The lowest BCUT2D eigenvalue weighted by molar-refractivity contribution is 0.131. The summed E-state index contributed by atoms with van der Waals surface area (Å²) in [6.45, 7) is 10.5. The molecule has 2 saturated heterocycles. The summed E-state index contributed by atoms with van der Waals surface area (Å²) in [6, 6.07) is 10.1. The number of hydrogen-bond donors (Lipinski definition) is 1. The Kier molecular flexibility index (Phi) is 7.64. The van der Waals surface area contributed by atoms with Gasteiger partial charge < -0.3 is 15.1 Å². The topological polar surface area (TPSA) is 97.1 Å². The molecule has 0 radical (unpaired) electrons. The van der Waals surface area contributed by atoms with E-state index in [0.29, 0.717) is 11.5 Å². The number of piperidine rings is 1. The third-order valence-corrected chi connectivity index (χ3v) is 6.97. The number of aromatic nitrogens is 4. The molecule has 2 aliphatic heterocycles. The Labute approximate surface area is 212 Å². The van der Waals surface area contributed by atoms with Crippen molar-refractivity contribution in [3.05, 3.63) is 54.1 Å². The van der Waals surface area contributed by atoms with Crippen molar-refractivity contribution in [2.75, 3.05) is 56.0 Å². The van der Waals surface area contributed by atoms with Crippen LogP contribution in [0.3, 0.4) is 0 Å². The number of nitriles is 1. The first kappa shape index (κ1) is 24.1. The zero-order chi connectivity index (χ0) is 24.7. The Bertz CT molecular complexity index is 1190. The summed E-state index contributed by atoms with van der Waals surface area (Å²) in [6.07, 6.45) is 8.86. The van der Waals surface area contributed by atoms with Gasteiger partial charge >= 0.3 is 0 Å². The molecule has 9 nitrogen and oxygen atoms in total. The van der Waals surface area contributed by atoms with Crippen molar-refractivity contribution in [1.29, 1.82) is 5.26 Å². The fraction of sp³-hybridized carbons (Fsp3) is 0.444. The summed E-state index contributed by atoms with van der Waals surface area (Å²) in [5, 5.41) is 13.0. The van der Waals surface area contributed by atoms with Crippen LogP contribution in [0.5, 0.6) is 0 Å². The Morgan fingerprint density at radius 2 is 1.72 bits per heavy atom. The van der Waals surface area contributed by atoms with Crippen LogP contribution in [0.4, 0.5) is 17.5 Å². The second-order valence-electron chi connectivity index (χ2n) is 9.39. The Morgan fingerprint density at radius 3 is 2.44 bits per heavy atom. The van der Waals surface area contributed by atoms with E-state index in [1.54, 1.807) is 12.4 Å². The number of hydrogen-bond acceptors (Lipinski definition) is 9. The fourth-order valence-corrected chi connectivity index (χ4v) is 4.83. The first-order valence-corrected chi connectivity index (χ1v) is 12.9. The molecule has 5 heterocycles. The smallest absolute Gasteiger partial charge is 0.227 e. The highest BCUT2D eigenvalue weighted by Crippen LogP contribution is 2.26. The van der Waals surface area contributed by atoms with Gasteiger partial charge in [-0.2, -0.15) is 5.26 Å². The second-order valence-corrected chi connectivity index (χ2v) is 9.39. The van der Waals surface area contributed by atoms with Crippen LogP contribution in [-0.2, 0) is 6.54 Å². The largest absolute Gasteiger partial charge is 0.356 e. The molecule has 9 heteroatoms. The van der Waals surface area contributed by atoms with E-state index in [9.17, 15) is 5.26 Å². The standard InChI is InChI=1S/C27H33N9/c1-2-34-12-14-35(15-13-34)20-24-7-6-23(19-30-24)32-27-29-9-8-25(33-27)22-16-21(17-28)26(31-18-22)36-10-4-3-5-11-36/h6-9,16,18-19H,2-5,10-15,20H2,1H3,(H,29,32,33). The predicted octanol–water partition coefficient (Wildman–Crippen LogP) is 3.68. The van der Waals surface area contributed by atoms with Crippen LogP contribution in [0.25, 0.3) is 11.3 Å². The molecule has 0 spiro atoms. The van der Waals surface area contributed by atoms with E-state index >= 15 is 0 Å². The van der Waals surface area contributed by atoms with Crippen LogP contribution in [0.15, 0.2) is 42.9 Å². The predicted molar refractivity (Wildman–Crippen MR) is 141 cm³/mol. The van der Waals surface area contributed by atoms with E-state index in [4.69, 9.17) is 0 Å². The van der Waals surface area contributed by atoms with Gasteiger partial charge in [-0.3, -0.25) is 9.88 Å². The van der Waals surface area contributed by atoms with Gasteiger partial charge in [-0.1, -0.05) is 6.92 Å². The van der Waals surface area contributed by atoms with E-state index in [2.05, 4.69) is 59.0 Å². The monoisotopic (exact) mass is 483 g/mol. The van der Waals surface area contributed by atoms with Crippen molar-refractivity contribution in [3.63, 3.8) is 0 Å². The van der Waals surface area contributed by atoms with Crippen LogP contribution in [-0.4, -0.2) is 75.5 Å². The molecule has 0 atom stereocenters. The summed E-state index contributed by atoms with van der Waals surface area (Å²) in [5.41, 5.74) is 4.00. The van der Waals surface area contributed by atoms with E-state index in [-0.39, 0.29) is 0 Å². The molecule has 0 amide bonds. The zero-order valence-electron chi connectivity index (χ0n) is 20.9. The molecular formula is C27H33N9. The minimum absolute atomic E-state index is 0.483. The Hall–Kier alpha value is -3.61. The first-order chi connectivity index (χ1) is 17.7. The molecule has 3 aromatic heterocycles. The van der Waals surface area contributed by atoms with Crippen LogP contribution >= 0.6 is 0 Å². The minimum atomic E-state index is 0.483. The van der Waals surface area contributed by atoms with Gasteiger partial charge in [0.15, 0.2) is 0 Å². The molecule has 0 saturated carbocycles. The Balaban J connectivity index is 1.24. The fourth-order valence-electron chi connectivity index (χ4n) is 4.83. The maximum absolute atomic E-state index is 9.74. The molecule has 3 aromatic rings. The average Bonchev–Trinajstić information content (AvgIpc) is 2.95. The van der Waals surface area contributed by atoms with E-state index in [1.165, 1.54) is 6.42 Å². The molecular weight excluding hydrogens is 450 g/mol. The maximum atomic E-state index is 9.74. The van der Waals surface area contributed by atoms with Crippen LogP contribution in [0.2, 0.25) is 0 Å². The third kappa shape index (κ3) is 5.78. The highest BCUT2D eigenvalue weighted by atomic mass is 15.3. The summed E-state index contributed by atoms with van der Waals surface area (Å²) in [4.78, 5) is 25.4. The van der Waals surface area contributed by atoms with Crippen molar-refractivity contribution in [2.24, 2.45) is 0 Å². The highest BCUT2D eigenvalue weighted by Gasteiger charge is 2.18. The number of likely N-dealkylation sites (N-methyl/N-ethyl adjacent to an activating group) is 1. The van der Waals surface area contributed by atoms with E-state index in [0.717, 1.165) is 93.7 Å². The van der Waals surface area contributed by atoms with Crippen molar-refractivity contribution in [1.82, 2.24) is 29.7 Å². The van der Waals surface area contributed by atoms with E-state index in [1.807, 2.05) is 24.4 Å². The summed E-state index contributed by atoms with van der Waals surface area (Å²) < 4.78 is 0. The van der Waals surface area contributed by atoms with Gasteiger partial charge in [-0.25, -0.2) is 15.0 Å². The number of piperazine rings is 1. The van der Waals surface area contributed by atoms with Gasteiger partial charge in [0.05, 0.1) is 28.8 Å². The second kappa shape index (κ2) is 11.4. The maximum Gasteiger partial charge on any atom is 0.227 e. The molecule has 1 N–H and O–H groups in total. The molecule has 2 aliphatic rings. The zero-order valence-corrected chi connectivity index (χ0v) is 20.9. The van der Waals surface area contributed by atoms with Crippen molar-refractivity contribution in [2.45, 2.75) is 32.7 Å². The molecule has 5 rings (SSSR count). The van der Waals surface area contributed by atoms with Gasteiger partial charge in [-0.05, 0) is 50.1 Å². The van der Waals surface area contributed by atoms with E-state index < -0.39 is 0 Å². The number of nitrogens with zero attached hydrogens (tertiary/aromatic N) is 8. The quantitative estimate of drug-likeness (QED) is 0.540. The van der Waals surface area contributed by atoms with Gasteiger partial charge in [-0.15, -0.1) is 0 Å². The number of pyridine rings is 2. The molecule has 0 aliphatic carbocycles. The lowest BCUT2D eigenvalue weighted by Gasteiger charge is -2.33. The van der Waals surface area contributed by atoms with Gasteiger partial charge in [0.25, 0.3) is 0 Å². The SMILES string of the molecule is CCN1CCN(Cc2ccc(Nc3nccc(-c4cnc(N5CCCCC5)c(C#N)c4)n3)cn2)CC1. The third-order valence-electron chi connectivity index (χ3n) is 6.97. The van der Waals surface area contributed by atoms with Crippen molar-refractivity contribution < 1.29 is 0 Å². The van der Waals surface area contributed by atoms with Crippen LogP contribution in [0, 0.1) is 11.3 Å². The van der Waals surface area contributed by atoms with Crippen molar-refractivity contribution >= 4 is 17.5 Å². The molecule has 0 bridgehead atoms. The lowest BCUT2D eigenvalue weighted by atomic mass is 10.1. The number of rotatable bonds is 7. The first-order valence-electron chi connectivity index (χ1n) is 12.9. The summed E-state index contributed by atoms with van der Waals surface area (Å²) >= 11 is 0. The molecule has 2 fully saturated rings. The van der Waals surface area contributed by atoms with Gasteiger partial charge in [0.2, 0.25) is 5.95 Å². The average molecular weight is 484 g/mol. The lowest BCUT2D eigenvalue weighted by Crippen LogP contribution is -2.45. The number of anilines is 3. The van der Waals surface area contributed by atoms with Crippen LogP contribution in [0.1, 0.15) is 37.4 Å². The molecule has 36 heavy (non-hydrogen) atoms. The highest BCUT2D eigenvalue weighted by molar-refractivity contribution is 5.67. The summed E-state index contributed by atoms with van der Waals surface area (Å²) in [5.74, 6) is 1.25. The van der Waals surface area contributed by atoms with Gasteiger partial charge in [0.1, 0.15) is 11.9 Å². The normalized spacial score (nSPS) is 17.1. The number of nitrogens with one attached hydrogen (secondary N) is 1. The molecule has 0 aromatic carbocycles. The Morgan fingerprint density at radius 1 is 0.917 bits per heavy atom. The van der Waals surface area contributed by atoms with Crippen LogP contribution < -0.4 is 10.2 Å². The van der Waals surface area contributed by atoms with Crippen molar-refractivity contribution in [3.8, 4) is 17.3 Å².